The number of nitrogens with zero attached hydrogens (tertiary/aromatic N) is 1. The van der Waals surface area contributed by atoms with E-state index in [0.29, 0.717) is 11.4 Å². The third kappa shape index (κ3) is 2.97. The number of rotatable bonds is 4. The zero-order valence-corrected chi connectivity index (χ0v) is 11.2. The molecule has 1 aliphatic heterocycles. The molecule has 0 spiro atoms. The molecule has 0 radical (unpaired) electrons. The molecule has 0 aromatic heterocycles. The van der Waals surface area contributed by atoms with Gasteiger partial charge in [-0.3, -0.25) is 0 Å². The van der Waals surface area contributed by atoms with Crippen LogP contribution in [0.3, 0.4) is 0 Å². The van der Waals surface area contributed by atoms with Crippen LogP contribution >= 0.6 is 11.8 Å². The van der Waals surface area contributed by atoms with Gasteiger partial charge in [-0.2, -0.15) is 11.8 Å². The molecule has 0 saturated carbocycles. The van der Waals surface area contributed by atoms with Crippen LogP contribution in [0, 0.1) is 0 Å². The van der Waals surface area contributed by atoms with Gasteiger partial charge in [0, 0.05) is 23.2 Å². The van der Waals surface area contributed by atoms with E-state index in [1.807, 2.05) is 36.0 Å². The fourth-order valence-corrected chi connectivity index (χ4v) is 3.34. The second-order valence-electron chi connectivity index (χ2n) is 4.36. The molecule has 2 unspecified atom stereocenters. The monoisotopic (exact) mass is 266 g/mol. The van der Waals surface area contributed by atoms with Crippen molar-refractivity contribution in [3.8, 4) is 0 Å². The Labute approximate surface area is 111 Å². The Hall–Kier alpha value is -1.20. The van der Waals surface area contributed by atoms with Crippen LogP contribution in [0.2, 0.25) is 0 Å². The molecule has 2 atom stereocenters. The summed E-state index contributed by atoms with van der Waals surface area (Å²) >= 11 is 1.87. The van der Waals surface area contributed by atoms with E-state index in [1.54, 1.807) is 0 Å². The van der Waals surface area contributed by atoms with Crippen LogP contribution < -0.4 is 5.73 Å². The van der Waals surface area contributed by atoms with E-state index in [1.165, 1.54) is 0 Å². The van der Waals surface area contributed by atoms with Crippen molar-refractivity contribution in [2.75, 3.05) is 6.61 Å². The van der Waals surface area contributed by atoms with Gasteiger partial charge < -0.3 is 15.7 Å². The Kier molecular flexibility index (Phi) is 4.49. The fraction of sp³-hybridized carbons (Fsp3) is 0.462. The molecule has 4 nitrogen and oxygen atoms in total. The smallest absolute Gasteiger partial charge is 0.170 e. The maximum absolute atomic E-state index is 8.77. The van der Waals surface area contributed by atoms with E-state index in [2.05, 4.69) is 12.1 Å². The van der Waals surface area contributed by atoms with Crippen molar-refractivity contribution in [3.05, 3.63) is 35.4 Å². The van der Waals surface area contributed by atoms with Gasteiger partial charge in [0.15, 0.2) is 5.84 Å². The number of ether oxygens (including phenoxy) is 1. The Bertz CT molecular complexity index is 437. The predicted molar refractivity (Wildman–Crippen MR) is 74.1 cm³/mol. The van der Waals surface area contributed by atoms with E-state index in [-0.39, 0.29) is 5.84 Å². The lowest BCUT2D eigenvalue weighted by molar-refractivity contribution is 0.127. The highest BCUT2D eigenvalue weighted by Gasteiger charge is 2.24. The van der Waals surface area contributed by atoms with Crippen LogP contribution in [0.15, 0.2) is 29.4 Å². The number of nitrogens with two attached hydrogens (primary N) is 1. The van der Waals surface area contributed by atoms with Crippen LogP contribution in [-0.2, 0) is 10.5 Å². The maximum atomic E-state index is 8.77. The van der Waals surface area contributed by atoms with E-state index < -0.39 is 0 Å². The minimum atomic E-state index is 0.168. The molecule has 1 aromatic carbocycles. The van der Waals surface area contributed by atoms with Gasteiger partial charge in [-0.25, -0.2) is 0 Å². The number of hydrogen-bond donors (Lipinski definition) is 2. The highest BCUT2D eigenvalue weighted by molar-refractivity contribution is 7.99. The summed E-state index contributed by atoms with van der Waals surface area (Å²) in [7, 11) is 0. The van der Waals surface area contributed by atoms with Crippen LogP contribution in [0.4, 0.5) is 0 Å². The molecule has 1 aromatic rings. The first-order valence-corrected chi connectivity index (χ1v) is 7.06. The summed E-state index contributed by atoms with van der Waals surface area (Å²) in [6.07, 6.45) is 1.41. The summed E-state index contributed by atoms with van der Waals surface area (Å²) in [6, 6.07) is 7.75. The lowest BCUT2D eigenvalue weighted by Gasteiger charge is -2.14. The highest BCUT2D eigenvalue weighted by Crippen LogP contribution is 2.29. The first-order valence-electron chi connectivity index (χ1n) is 6.01. The lowest BCUT2D eigenvalue weighted by atomic mass is 10.1. The van der Waals surface area contributed by atoms with Crippen LogP contribution in [-0.4, -0.2) is 29.0 Å². The van der Waals surface area contributed by atoms with Crippen molar-refractivity contribution in [3.63, 3.8) is 0 Å². The van der Waals surface area contributed by atoms with Crippen molar-refractivity contribution in [2.24, 2.45) is 10.9 Å². The number of hydrogen-bond acceptors (Lipinski definition) is 4. The molecule has 18 heavy (non-hydrogen) atoms. The van der Waals surface area contributed by atoms with Crippen molar-refractivity contribution >= 4 is 17.6 Å². The van der Waals surface area contributed by atoms with Crippen LogP contribution in [0.1, 0.15) is 24.5 Å². The van der Waals surface area contributed by atoms with Crippen LogP contribution in [0.5, 0.6) is 0 Å². The largest absolute Gasteiger partial charge is 0.409 e. The third-order valence-electron chi connectivity index (χ3n) is 3.16. The van der Waals surface area contributed by atoms with Crippen LogP contribution in [0.25, 0.3) is 0 Å². The minimum Gasteiger partial charge on any atom is -0.409 e. The molecule has 1 saturated heterocycles. The number of amidine groups is 1. The summed E-state index contributed by atoms with van der Waals surface area (Å²) in [5, 5.41) is 12.4. The highest BCUT2D eigenvalue weighted by atomic mass is 32.2. The van der Waals surface area contributed by atoms with Crippen molar-refractivity contribution in [1.82, 2.24) is 0 Å². The minimum absolute atomic E-state index is 0.168. The molecule has 98 valence electrons. The molecule has 0 aliphatic carbocycles. The number of benzene rings is 1. The number of oxime groups is 1. The summed E-state index contributed by atoms with van der Waals surface area (Å²) in [6.45, 7) is 2.96. The molecule has 2 rings (SSSR count). The van der Waals surface area contributed by atoms with Gasteiger partial charge in [-0.15, -0.1) is 0 Å². The molecule has 1 heterocycles. The van der Waals surface area contributed by atoms with Crippen molar-refractivity contribution in [2.45, 2.75) is 30.5 Å². The molecular weight excluding hydrogens is 248 g/mol. The van der Waals surface area contributed by atoms with Gasteiger partial charge in [-0.05, 0) is 18.9 Å². The van der Waals surface area contributed by atoms with Gasteiger partial charge in [0.25, 0.3) is 0 Å². The van der Waals surface area contributed by atoms with Gasteiger partial charge in [-0.1, -0.05) is 29.4 Å². The second kappa shape index (κ2) is 6.11. The van der Waals surface area contributed by atoms with E-state index >= 15 is 0 Å². The first kappa shape index (κ1) is 13.2. The average molecular weight is 266 g/mol. The fourth-order valence-electron chi connectivity index (χ4n) is 2.08. The van der Waals surface area contributed by atoms with Crippen molar-refractivity contribution < 1.29 is 9.94 Å². The number of thioether (sulfide) groups is 1. The Balaban J connectivity index is 2.05. The molecule has 3 N–H and O–H groups in total. The first-order chi connectivity index (χ1) is 8.72. The van der Waals surface area contributed by atoms with E-state index in [9.17, 15) is 0 Å². The molecule has 1 aliphatic rings. The molecule has 5 heteroatoms. The molecule has 1 fully saturated rings. The molecule has 0 bridgehead atoms. The SMILES string of the molecule is CC1OCCC1SCc1ccccc1/C(N)=N/O. The van der Waals surface area contributed by atoms with Gasteiger partial charge >= 0.3 is 0 Å². The quantitative estimate of drug-likeness (QED) is 0.379. The summed E-state index contributed by atoms with van der Waals surface area (Å²) in [5.74, 6) is 1.02. The third-order valence-corrected chi connectivity index (χ3v) is 4.69. The molecular formula is C13H18N2O2S. The summed E-state index contributed by atoms with van der Waals surface area (Å²) < 4.78 is 5.54. The zero-order valence-electron chi connectivity index (χ0n) is 10.4. The second-order valence-corrected chi connectivity index (χ2v) is 5.58. The van der Waals surface area contributed by atoms with Gasteiger partial charge in [0.05, 0.1) is 6.10 Å². The Morgan fingerprint density at radius 2 is 2.33 bits per heavy atom. The predicted octanol–water partition coefficient (Wildman–Crippen LogP) is 2.19. The standard InChI is InChI=1S/C13H18N2O2S/c1-9-12(6-7-17-9)18-8-10-4-2-3-5-11(10)13(14)15-16/h2-5,9,12,16H,6-8H2,1H3,(H2,14,15). The Morgan fingerprint density at radius 3 is 3.00 bits per heavy atom. The summed E-state index contributed by atoms with van der Waals surface area (Å²) in [4.78, 5) is 0. The Morgan fingerprint density at radius 1 is 1.56 bits per heavy atom. The lowest BCUT2D eigenvalue weighted by Crippen LogP contribution is -2.17. The summed E-state index contributed by atoms with van der Waals surface area (Å²) in [5.41, 5.74) is 7.57. The van der Waals surface area contributed by atoms with E-state index in [0.717, 1.165) is 29.9 Å². The topological polar surface area (TPSA) is 67.8 Å². The van der Waals surface area contributed by atoms with Gasteiger partial charge in [0.1, 0.15) is 0 Å². The maximum Gasteiger partial charge on any atom is 0.170 e. The normalized spacial score (nSPS) is 24.4. The van der Waals surface area contributed by atoms with Crippen molar-refractivity contribution in [1.29, 1.82) is 0 Å². The van der Waals surface area contributed by atoms with Gasteiger partial charge in [0.2, 0.25) is 0 Å². The average Bonchev–Trinajstić information content (AvgIpc) is 2.81. The molecule has 0 amide bonds. The zero-order chi connectivity index (χ0) is 13.0. The van der Waals surface area contributed by atoms with E-state index in [4.69, 9.17) is 15.7 Å².